The van der Waals surface area contributed by atoms with Crippen molar-refractivity contribution < 1.29 is 32.5 Å². The standard InChI is InChI=1S/C24H24F3NO4/c25-24(26,27)21-11-15(1-4-20(21)16-7-9-31-10-8-16)14-32-19-3-5-22-17(13-19)12-18(28-22)2-6-23(29)30/h1,3-5,11-13,16,28H,2,6-10,14H2,(H,29,30). The van der Waals surface area contributed by atoms with E-state index in [1.54, 1.807) is 24.3 Å². The second-order valence-electron chi connectivity index (χ2n) is 8.03. The molecule has 2 heterocycles. The summed E-state index contributed by atoms with van der Waals surface area (Å²) in [6.07, 6.45) is -2.84. The highest BCUT2D eigenvalue weighted by Crippen LogP contribution is 2.39. The molecule has 0 amide bonds. The fourth-order valence-electron chi connectivity index (χ4n) is 4.11. The summed E-state index contributed by atoms with van der Waals surface area (Å²) in [5.41, 5.74) is 1.82. The summed E-state index contributed by atoms with van der Waals surface area (Å²) in [7, 11) is 0. The molecule has 2 aromatic carbocycles. The molecule has 1 saturated heterocycles. The van der Waals surface area contributed by atoms with Gasteiger partial charge in [0, 0.05) is 29.8 Å². The molecule has 0 saturated carbocycles. The van der Waals surface area contributed by atoms with Gasteiger partial charge < -0.3 is 19.6 Å². The number of ether oxygens (including phenoxy) is 2. The number of aliphatic carboxylic acids is 1. The van der Waals surface area contributed by atoms with E-state index in [4.69, 9.17) is 14.6 Å². The lowest BCUT2D eigenvalue weighted by Crippen LogP contribution is -2.19. The number of alkyl halides is 3. The smallest absolute Gasteiger partial charge is 0.416 e. The van der Waals surface area contributed by atoms with E-state index in [1.807, 2.05) is 12.1 Å². The third kappa shape index (κ3) is 5.24. The average molecular weight is 447 g/mol. The minimum absolute atomic E-state index is 0.0128. The molecule has 0 unspecified atom stereocenters. The summed E-state index contributed by atoms with van der Waals surface area (Å²) in [5, 5.41) is 9.68. The summed E-state index contributed by atoms with van der Waals surface area (Å²) in [6, 6.07) is 11.6. The number of halogens is 3. The predicted octanol–water partition coefficient (Wildman–Crippen LogP) is 5.68. The van der Waals surface area contributed by atoms with E-state index >= 15 is 0 Å². The number of aromatic amines is 1. The minimum Gasteiger partial charge on any atom is -0.489 e. The Morgan fingerprint density at radius 1 is 1.12 bits per heavy atom. The van der Waals surface area contributed by atoms with Gasteiger partial charge in [-0.1, -0.05) is 12.1 Å². The van der Waals surface area contributed by atoms with Crippen molar-refractivity contribution in [3.8, 4) is 5.75 Å². The number of H-pyrrole nitrogens is 1. The molecule has 1 aromatic heterocycles. The number of carbonyl (C=O) groups is 1. The highest BCUT2D eigenvalue weighted by Gasteiger charge is 2.35. The molecule has 4 rings (SSSR count). The molecule has 32 heavy (non-hydrogen) atoms. The van der Waals surface area contributed by atoms with Crippen LogP contribution in [0.1, 0.15) is 47.6 Å². The van der Waals surface area contributed by atoms with Gasteiger partial charge in [-0.2, -0.15) is 13.2 Å². The number of hydrogen-bond donors (Lipinski definition) is 2. The zero-order valence-electron chi connectivity index (χ0n) is 17.4. The summed E-state index contributed by atoms with van der Waals surface area (Å²) >= 11 is 0. The van der Waals surface area contributed by atoms with E-state index in [2.05, 4.69) is 4.98 Å². The maximum absolute atomic E-state index is 13.7. The molecule has 0 atom stereocenters. The molecule has 1 aliphatic heterocycles. The van der Waals surface area contributed by atoms with Gasteiger partial charge in [-0.05, 0) is 66.6 Å². The van der Waals surface area contributed by atoms with Crippen LogP contribution in [0.25, 0.3) is 10.9 Å². The fourth-order valence-corrected chi connectivity index (χ4v) is 4.11. The van der Waals surface area contributed by atoms with Crippen molar-refractivity contribution >= 4 is 16.9 Å². The molecule has 1 aliphatic rings. The number of fused-ring (bicyclic) bond motifs is 1. The number of carboxylic acids is 1. The van der Waals surface area contributed by atoms with E-state index in [0.717, 1.165) is 16.6 Å². The number of nitrogens with one attached hydrogen (secondary N) is 1. The third-order valence-corrected chi connectivity index (χ3v) is 5.75. The molecule has 0 radical (unpaired) electrons. The van der Waals surface area contributed by atoms with Gasteiger partial charge in [0.15, 0.2) is 0 Å². The molecular formula is C24H24F3NO4. The number of rotatable bonds is 7. The van der Waals surface area contributed by atoms with E-state index in [0.29, 0.717) is 49.4 Å². The van der Waals surface area contributed by atoms with Gasteiger partial charge >= 0.3 is 12.1 Å². The number of aryl methyl sites for hydroxylation is 1. The summed E-state index contributed by atoms with van der Waals surface area (Å²) in [6.45, 7) is 0.970. The monoisotopic (exact) mass is 447 g/mol. The normalized spacial score (nSPS) is 15.2. The van der Waals surface area contributed by atoms with Crippen molar-refractivity contribution in [2.75, 3.05) is 13.2 Å². The maximum Gasteiger partial charge on any atom is 0.416 e. The van der Waals surface area contributed by atoms with Gasteiger partial charge in [0.25, 0.3) is 0 Å². The molecule has 3 aromatic rings. The van der Waals surface area contributed by atoms with Crippen LogP contribution in [0.2, 0.25) is 0 Å². The lowest BCUT2D eigenvalue weighted by Gasteiger charge is -2.25. The van der Waals surface area contributed by atoms with E-state index in [-0.39, 0.29) is 18.9 Å². The van der Waals surface area contributed by atoms with Gasteiger partial charge in [-0.15, -0.1) is 0 Å². The van der Waals surface area contributed by atoms with Gasteiger partial charge in [-0.25, -0.2) is 0 Å². The van der Waals surface area contributed by atoms with Crippen molar-refractivity contribution in [1.29, 1.82) is 0 Å². The van der Waals surface area contributed by atoms with Crippen LogP contribution >= 0.6 is 0 Å². The predicted molar refractivity (Wildman–Crippen MR) is 113 cm³/mol. The number of carboxylic acid groups (broad SMARTS) is 1. The molecule has 170 valence electrons. The Morgan fingerprint density at radius 2 is 1.91 bits per heavy atom. The lowest BCUT2D eigenvalue weighted by molar-refractivity contribution is -0.139. The van der Waals surface area contributed by atoms with Crippen LogP contribution in [0.5, 0.6) is 5.75 Å². The quantitative estimate of drug-likeness (QED) is 0.489. The minimum atomic E-state index is -4.43. The number of aromatic nitrogens is 1. The first-order valence-corrected chi connectivity index (χ1v) is 10.5. The van der Waals surface area contributed by atoms with Gasteiger partial charge in [-0.3, -0.25) is 4.79 Å². The topological polar surface area (TPSA) is 71.6 Å². The summed E-state index contributed by atoms with van der Waals surface area (Å²) in [4.78, 5) is 13.9. The summed E-state index contributed by atoms with van der Waals surface area (Å²) in [5.74, 6) is -0.487. The SMILES string of the molecule is O=C(O)CCc1cc2cc(OCc3ccc(C4CCOCC4)c(C(F)(F)F)c3)ccc2[nH]1. The summed E-state index contributed by atoms with van der Waals surface area (Å²) < 4.78 is 52.2. The Labute approximate surface area is 183 Å². The van der Waals surface area contributed by atoms with E-state index in [1.165, 1.54) is 6.07 Å². The fraction of sp³-hybridized carbons (Fsp3) is 0.375. The number of hydrogen-bond acceptors (Lipinski definition) is 3. The van der Waals surface area contributed by atoms with Crippen molar-refractivity contribution in [2.24, 2.45) is 0 Å². The Bertz CT molecular complexity index is 1100. The van der Waals surface area contributed by atoms with Crippen LogP contribution in [0.3, 0.4) is 0 Å². The number of benzene rings is 2. The molecule has 1 fully saturated rings. The Hall–Kier alpha value is -3.00. The van der Waals surface area contributed by atoms with Gasteiger partial charge in [0.1, 0.15) is 12.4 Å². The first-order chi connectivity index (χ1) is 15.3. The molecule has 0 bridgehead atoms. The zero-order valence-corrected chi connectivity index (χ0v) is 17.4. The zero-order chi connectivity index (χ0) is 22.7. The molecule has 0 spiro atoms. The third-order valence-electron chi connectivity index (χ3n) is 5.75. The van der Waals surface area contributed by atoms with Crippen LogP contribution in [0.15, 0.2) is 42.5 Å². The van der Waals surface area contributed by atoms with Crippen LogP contribution in [0.4, 0.5) is 13.2 Å². The van der Waals surface area contributed by atoms with Crippen LogP contribution in [-0.4, -0.2) is 29.3 Å². The van der Waals surface area contributed by atoms with Crippen molar-refractivity contribution in [1.82, 2.24) is 4.98 Å². The molecule has 8 heteroatoms. The average Bonchev–Trinajstić information content (AvgIpc) is 3.18. The van der Waals surface area contributed by atoms with Crippen LogP contribution < -0.4 is 4.74 Å². The Morgan fingerprint density at radius 3 is 2.62 bits per heavy atom. The highest BCUT2D eigenvalue weighted by atomic mass is 19.4. The molecule has 0 aliphatic carbocycles. The first-order valence-electron chi connectivity index (χ1n) is 10.5. The maximum atomic E-state index is 13.7. The van der Waals surface area contributed by atoms with Crippen molar-refractivity contribution in [3.63, 3.8) is 0 Å². The molecular weight excluding hydrogens is 423 g/mol. The Balaban J connectivity index is 1.49. The van der Waals surface area contributed by atoms with E-state index in [9.17, 15) is 18.0 Å². The van der Waals surface area contributed by atoms with Gasteiger partial charge in [0.2, 0.25) is 0 Å². The lowest BCUT2D eigenvalue weighted by atomic mass is 9.87. The second-order valence-corrected chi connectivity index (χ2v) is 8.03. The van der Waals surface area contributed by atoms with Crippen molar-refractivity contribution in [2.45, 2.75) is 44.4 Å². The van der Waals surface area contributed by atoms with Crippen LogP contribution in [-0.2, 0) is 28.7 Å². The van der Waals surface area contributed by atoms with Crippen LogP contribution in [0, 0.1) is 0 Å². The molecule has 2 N–H and O–H groups in total. The molecule has 5 nitrogen and oxygen atoms in total. The second kappa shape index (κ2) is 9.24. The van der Waals surface area contributed by atoms with Gasteiger partial charge in [0.05, 0.1) is 12.0 Å². The highest BCUT2D eigenvalue weighted by molar-refractivity contribution is 5.82. The Kier molecular flexibility index (Phi) is 6.41. The van der Waals surface area contributed by atoms with Crippen molar-refractivity contribution in [3.05, 3.63) is 64.8 Å². The largest absolute Gasteiger partial charge is 0.489 e. The first kappa shape index (κ1) is 22.2. The van der Waals surface area contributed by atoms with E-state index < -0.39 is 17.7 Å².